The first-order valence-electron chi connectivity index (χ1n) is 7.22. The van der Waals surface area contributed by atoms with E-state index >= 15 is 0 Å². The van der Waals surface area contributed by atoms with Crippen LogP contribution < -0.4 is 0 Å². The van der Waals surface area contributed by atoms with Gasteiger partial charge in [0.2, 0.25) is 0 Å². The molecule has 1 aromatic rings. The molecule has 0 amide bonds. The minimum atomic E-state index is 0.565. The molecule has 0 aromatic carbocycles. The van der Waals surface area contributed by atoms with E-state index in [0.717, 1.165) is 6.04 Å². The molecule has 0 N–H and O–H groups in total. The Balaban J connectivity index is 1.54. The van der Waals surface area contributed by atoms with Gasteiger partial charge in [-0.1, -0.05) is 13.8 Å². The Morgan fingerprint density at radius 1 is 1.00 bits per heavy atom. The van der Waals surface area contributed by atoms with Crippen LogP contribution in [0.1, 0.15) is 52.0 Å². The third-order valence-electron chi connectivity index (χ3n) is 4.82. The van der Waals surface area contributed by atoms with Gasteiger partial charge in [0.1, 0.15) is 12.7 Å². The van der Waals surface area contributed by atoms with Gasteiger partial charge in [-0.25, -0.2) is 0 Å². The molecule has 3 rings (SSSR count). The summed E-state index contributed by atoms with van der Waals surface area (Å²) in [5.41, 5.74) is 0.565. The van der Waals surface area contributed by atoms with Crippen molar-refractivity contribution in [3.05, 3.63) is 12.7 Å². The molecule has 0 radical (unpaired) electrons. The van der Waals surface area contributed by atoms with Crippen molar-refractivity contribution >= 4 is 0 Å². The molecule has 1 saturated carbocycles. The second-order valence-electron chi connectivity index (χ2n) is 6.74. The Labute approximate surface area is 109 Å². The van der Waals surface area contributed by atoms with Gasteiger partial charge < -0.3 is 9.47 Å². The summed E-state index contributed by atoms with van der Waals surface area (Å²) >= 11 is 0. The summed E-state index contributed by atoms with van der Waals surface area (Å²) in [6, 6.07) is 1.45. The Morgan fingerprint density at radius 3 is 2.22 bits per heavy atom. The molecule has 100 valence electrons. The van der Waals surface area contributed by atoms with Crippen LogP contribution in [-0.4, -0.2) is 38.8 Å². The number of rotatable bonds is 2. The van der Waals surface area contributed by atoms with Gasteiger partial charge in [0.05, 0.1) is 0 Å². The molecule has 2 fully saturated rings. The summed E-state index contributed by atoms with van der Waals surface area (Å²) in [4.78, 5) is 2.72. The summed E-state index contributed by atoms with van der Waals surface area (Å²) in [7, 11) is 0. The Bertz CT molecular complexity index is 377. The molecule has 1 atom stereocenters. The molecule has 2 heterocycles. The van der Waals surface area contributed by atoms with Crippen LogP contribution in [-0.2, 0) is 0 Å². The van der Waals surface area contributed by atoms with Gasteiger partial charge in [0, 0.05) is 25.2 Å². The van der Waals surface area contributed by atoms with E-state index in [-0.39, 0.29) is 0 Å². The number of nitrogens with zero attached hydrogens (tertiary/aromatic N) is 4. The lowest BCUT2D eigenvalue weighted by atomic mass is 9.91. The summed E-state index contributed by atoms with van der Waals surface area (Å²) in [6.45, 7) is 7.31. The van der Waals surface area contributed by atoms with Crippen molar-refractivity contribution in [2.24, 2.45) is 5.41 Å². The Hall–Kier alpha value is -0.900. The van der Waals surface area contributed by atoms with Crippen molar-refractivity contribution in [2.45, 2.75) is 58.0 Å². The zero-order valence-electron chi connectivity index (χ0n) is 11.5. The van der Waals surface area contributed by atoms with E-state index in [1.165, 1.54) is 45.2 Å². The monoisotopic (exact) mass is 248 g/mol. The van der Waals surface area contributed by atoms with E-state index in [0.29, 0.717) is 11.5 Å². The molecule has 0 spiro atoms. The second kappa shape index (κ2) is 4.65. The maximum atomic E-state index is 3.91. The van der Waals surface area contributed by atoms with Gasteiger partial charge in [0.25, 0.3) is 0 Å². The fraction of sp³-hybridized carbons (Fsp3) is 0.857. The van der Waals surface area contributed by atoms with E-state index in [9.17, 15) is 0 Å². The molecule has 4 nitrogen and oxygen atoms in total. The molecule has 1 aromatic heterocycles. The van der Waals surface area contributed by atoms with Gasteiger partial charge in [-0.05, 0) is 37.5 Å². The molecule has 18 heavy (non-hydrogen) atoms. The standard InChI is InChI=1S/C14H24N4/c1-14(2)6-3-13(9-14)17-7-4-12(5-8-17)18-10-15-16-11-18/h10-13H,3-9H2,1-2H3. The molecule has 1 aliphatic carbocycles. The van der Waals surface area contributed by atoms with Crippen molar-refractivity contribution in [3.8, 4) is 0 Å². The molecule has 1 aliphatic heterocycles. The van der Waals surface area contributed by atoms with Gasteiger partial charge in [-0.3, -0.25) is 0 Å². The lowest BCUT2D eigenvalue weighted by Gasteiger charge is -2.36. The topological polar surface area (TPSA) is 34.0 Å². The normalized spacial score (nSPS) is 29.8. The third kappa shape index (κ3) is 2.44. The lowest BCUT2D eigenvalue weighted by Crippen LogP contribution is -2.40. The number of likely N-dealkylation sites (tertiary alicyclic amines) is 1. The second-order valence-corrected chi connectivity index (χ2v) is 6.74. The largest absolute Gasteiger partial charge is 0.317 e. The fourth-order valence-electron chi connectivity index (χ4n) is 3.66. The van der Waals surface area contributed by atoms with Gasteiger partial charge in [0.15, 0.2) is 0 Å². The van der Waals surface area contributed by atoms with Crippen LogP contribution in [0.15, 0.2) is 12.7 Å². The Kier molecular flexibility index (Phi) is 3.14. The minimum Gasteiger partial charge on any atom is -0.317 e. The first-order valence-corrected chi connectivity index (χ1v) is 7.22. The first kappa shape index (κ1) is 12.2. The van der Waals surface area contributed by atoms with Crippen LogP contribution in [0.25, 0.3) is 0 Å². The number of piperidine rings is 1. The Morgan fingerprint density at radius 2 is 1.67 bits per heavy atom. The average molecular weight is 248 g/mol. The highest BCUT2D eigenvalue weighted by atomic mass is 15.3. The van der Waals surface area contributed by atoms with Crippen LogP contribution in [0.4, 0.5) is 0 Å². The molecular formula is C14H24N4. The number of hydrogen-bond acceptors (Lipinski definition) is 3. The van der Waals surface area contributed by atoms with E-state index in [1.54, 1.807) is 0 Å². The van der Waals surface area contributed by atoms with Gasteiger partial charge in [-0.15, -0.1) is 10.2 Å². The predicted molar refractivity (Wildman–Crippen MR) is 71.3 cm³/mol. The molecule has 4 heteroatoms. The quantitative estimate of drug-likeness (QED) is 0.806. The zero-order valence-corrected chi connectivity index (χ0v) is 11.5. The summed E-state index contributed by atoms with van der Waals surface area (Å²) in [6.07, 6.45) is 10.4. The predicted octanol–water partition coefficient (Wildman–Crippen LogP) is 2.49. The van der Waals surface area contributed by atoms with Crippen LogP contribution in [0.3, 0.4) is 0 Å². The molecule has 2 aliphatic rings. The molecule has 1 unspecified atom stereocenters. The summed E-state index contributed by atoms with van der Waals surface area (Å²) in [5, 5.41) is 7.82. The van der Waals surface area contributed by atoms with Crippen LogP contribution >= 0.6 is 0 Å². The molecular weight excluding hydrogens is 224 g/mol. The zero-order chi connectivity index (χ0) is 12.6. The molecule has 1 saturated heterocycles. The van der Waals surface area contributed by atoms with E-state index < -0.39 is 0 Å². The van der Waals surface area contributed by atoms with E-state index in [1.807, 2.05) is 12.7 Å². The van der Waals surface area contributed by atoms with Crippen molar-refractivity contribution in [3.63, 3.8) is 0 Å². The van der Waals surface area contributed by atoms with Crippen molar-refractivity contribution in [1.29, 1.82) is 0 Å². The number of aromatic nitrogens is 3. The third-order valence-corrected chi connectivity index (χ3v) is 4.82. The summed E-state index contributed by atoms with van der Waals surface area (Å²) < 4.78 is 2.18. The smallest absolute Gasteiger partial charge is 0.119 e. The molecule has 0 bridgehead atoms. The summed E-state index contributed by atoms with van der Waals surface area (Å²) in [5.74, 6) is 0. The highest BCUT2D eigenvalue weighted by Crippen LogP contribution is 2.40. The van der Waals surface area contributed by atoms with Gasteiger partial charge >= 0.3 is 0 Å². The number of hydrogen-bond donors (Lipinski definition) is 0. The van der Waals surface area contributed by atoms with E-state index in [4.69, 9.17) is 0 Å². The highest BCUT2D eigenvalue weighted by molar-refractivity contribution is 4.90. The lowest BCUT2D eigenvalue weighted by molar-refractivity contribution is 0.129. The van der Waals surface area contributed by atoms with Crippen LogP contribution in [0.5, 0.6) is 0 Å². The maximum absolute atomic E-state index is 3.91. The first-order chi connectivity index (χ1) is 8.64. The van der Waals surface area contributed by atoms with Crippen LogP contribution in [0.2, 0.25) is 0 Å². The average Bonchev–Trinajstić information content (AvgIpc) is 2.98. The van der Waals surface area contributed by atoms with E-state index in [2.05, 4.69) is 33.5 Å². The minimum absolute atomic E-state index is 0.565. The van der Waals surface area contributed by atoms with Crippen molar-refractivity contribution in [2.75, 3.05) is 13.1 Å². The van der Waals surface area contributed by atoms with Crippen LogP contribution in [0, 0.1) is 5.41 Å². The SMILES string of the molecule is CC1(C)CCC(N2CCC(n3cnnc3)CC2)C1. The highest BCUT2D eigenvalue weighted by Gasteiger charge is 2.35. The van der Waals surface area contributed by atoms with Gasteiger partial charge in [-0.2, -0.15) is 0 Å². The fourth-order valence-corrected chi connectivity index (χ4v) is 3.66. The van der Waals surface area contributed by atoms with Crippen molar-refractivity contribution < 1.29 is 0 Å². The van der Waals surface area contributed by atoms with Crippen molar-refractivity contribution in [1.82, 2.24) is 19.7 Å². The maximum Gasteiger partial charge on any atom is 0.119 e.